The minimum Gasteiger partial charge on any atom is -0.371 e. The summed E-state index contributed by atoms with van der Waals surface area (Å²) in [5.41, 5.74) is 0.666. The second-order valence-corrected chi connectivity index (χ2v) is 5.93. The van der Waals surface area contributed by atoms with Gasteiger partial charge < -0.3 is 10.1 Å². The Hall–Kier alpha value is -2.28. The predicted molar refractivity (Wildman–Crippen MR) is 82.9 cm³/mol. The van der Waals surface area contributed by atoms with Crippen LogP contribution >= 0.6 is 0 Å². The first-order valence-corrected chi connectivity index (χ1v) is 7.83. The highest BCUT2D eigenvalue weighted by atomic mass is 19.1. The Morgan fingerprint density at radius 1 is 1.38 bits per heavy atom. The van der Waals surface area contributed by atoms with Crippen molar-refractivity contribution in [2.75, 3.05) is 6.61 Å². The van der Waals surface area contributed by atoms with Crippen molar-refractivity contribution in [3.8, 4) is 0 Å². The fourth-order valence-electron chi connectivity index (χ4n) is 3.13. The Morgan fingerprint density at radius 2 is 2.08 bits per heavy atom. The number of carbonyl (C=O) groups excluding carboxylic acids is 1. The van der Waals surface area contributed by atoms with Gasteiger partial charge in [-0.2, -0.15) is 5.10 Å². The minimum absolute atomic E-state index is 0.137. The normalized spacial score (nSPS) is 21.7. The number of aromatic nitrogens is 2. The molecule has 1 fully saturated rings. The van der Waals surface area contributed by atoms with Gasteiger partial charge >= 0.3 is 0 Å². The number of nitrogens with one attached hydrogen (secondary N) is 1. The van der Waals surface area contributed by atoms with Gasteiger partial charge in [0.25, 0.3) is 0 Å². The van der Waals surface area contributed by atoms with Crippen LogP contribution in [-0.4, -0.2) is 22.3 Å². The van der Waals surface area contributed by atoms with E-state index < -0.39 is 29.7 Å². The molecule has 24 heavy (non-hydrogen) atoms. The number of carbonyl (C=O) groups is 1. The number of amides is 1. The Balaban J connectivity index is 1.76. The largest absolute Gasteiger partial charge is 0.371 e. The molecule has 0 radical (unpaired) electrons. The molecule has 2 aromatic rings. The number of hydrogen-bond acceptors (Lipinski definition) is 3. The highest BCUT2D eigenvalue weighted by Crippen LogP contribution is 2.35. The molecule has 2 heterocycles. The maximum absolute atomic E-state index is 13.9. The second kappa shape index (κ2) is 6.68. The lowest BCUT2D eigenvalue weighted by atomic mass is 9.97. The topological polar surface area (TPSA) is 56.1 Å². The van der Waals surface area contributed by atoms with Gasteiger partial charge in [0.1, 0.15) is 17.7 Å². The van der Waals surface area contributed by atoms with E-state index in [1.807, 2.05) is 0 Å². The van der Waals surface area contributed by atoms with Crippen LogP contribution in [0.4, 0.5) is 8.78 Å². The number of rotatable bonds is 4. The summed E-state index contributed by atoms with van der Waals surface area (Å²) in [6.45, 7) is 2.02. The number of halogens is 2. The van der Waals surface area contributed by atoms with Crippen LogP contribution in [0.1, 0.15) is 36.7 Å². The molecule has 0 aliphatic carbocycles. The SMILES string of the molecule is CC(NC(=O)[C@@H]1CCO[C@H]1c1ccnn1C)c1c(F)cccc1F. The Labute approximate surface area is 138 Å². The lowest BCUT2D eigenvalue weighted by molar-refractivity contribution is -0.127. The number of benzene rings is 1. The summed E-state index contributed by atoms with van der Waals surface area (Å²) in [6.07, 6.45) is 1.78. The van der Waals surface area contributed by atoms with Gasteiger partial charge in [-0.15, -0.1) is 0 Å². The molecule has 1 unspecified atom stereocenters. The summed E-state index contributed by atoms with van der Waals surface area (Å²) in [6, 6.07) is 4.69. The Morgan fingerprint density at radius 3 is 2.71 bits per heavy atom. The summed E-state index contributed by atoms with van der Waals surface area (Å²) in [4.78, 5) is 12.6. The molecule has 1 aromatic carbocycles. The fourth-order valence-corrected chi connectivity index (χ4v) is 3.13. The second-order valence-electron chi connectivity index (χ2n) is 5.93. The fraction of sp³-hybridized carbons (Fsp3) is 0.412. The molecule has 3 rings (SSSR count). The third-order valence-electron chi connectivity index (χ3n) is 4.37. The van der Waals surface area contributed by atoms with E-state index in [2.05, 4.69) is 10.4 Å². The Kier molecular flexibility index (Phi) is 4.62. The third-order valence-corrected chi connectivity index (χ3v) is 4.37. The molecule has 1 aromatic heterocycles. The lowest BCUT2D eigenvalue weighted by Gasteiger charge is -2.22. The zero-order chi connectivity index (χ0) is 17.3. The number of ether oxygens (including phenoxy) is 1. The van der Waals surface area contributed by atoms with E-state index in [0.717, 1.165) is 5.69 Å². The predicted octanol–water partition coefficient (Wildman–Crippen LogP) is 2.65. The van der Waals surface area contributed by atoms with Crippen LogP contribution in [0.15, 0.2) is 30.5 Å². The molecular formula is C17H19F2N3O2. The van der Waals surface area contributed by atoms with Crippen LogP contribution in [0.3, 0.4) is 0 Å². The van der Waals surface area contributed by atoms with Gasteiger partial charge in [-0.25, -0.2) is 8.78 Å². The molecule has 1 aliphatic heterocycles. The zero-order valence-electron chi connectivity index (χ0n) is 13.5. The van der Waals surface area contributed by atoms with Gasteiger partial charge in [0.2, 0.25) is 5.91 Å². The first-order valence-electron chi connectivity index (χ1n) is 7.83. The van der Waals surface area contributed by atoms with Crippen molar-refractivity contribution in [2.24, 2.45) is 13.0 Å². The van der Waals surface area contributed by atoms with Gasteiger partial charge in [0.05, 0.1) is 17.7 Å². The monoisotopic (exact) mass is 335 g/mol. The average Bonchev–Trinajstić information content (AvgIpc) is 3.15. The van der Waals surface area contributed by atoms with Gasteiger partial charge in [-0.1, -0.05) is 6.07 Å². The number of aryl methyl sites for hydroxylation is 1. The van der Waals surface area contributed by atoms with Gasteiger partial charge in [-0.05, 0) is 31.5 Å². The molecular weight excluding hydrogens is 316 g/mol. The van der Waals surface area contributed by atoms with Crippen LogP contribution in [0.2, 0.25) is 0 Å². The molecule has 0 bridgehead atoms. The van der Waals surface area contributed by atoms with Gasteiger partial charge in [0.15, 0.2) is 0 Å². The molecule has 1 saturated heterocycles. The van der Waals surface area contributed by atoms with Crippen molar-refractivity contribution in [1.82, 2.24) is 15.1 Å². The van der Waals surface area contributed by atoms with Gasteiger partial charge in [-0.3, -0.25) is 9.48 Å². The molecule has 1 N–H and O–H groups in total. The van der Waals surface area contributed by atoms with Gasteiger partial charge in [0, 0.05) is 25.4 Å². The average molecular weight is 335 g/mol. The zero-order valence-corrected chi connectivity index (χ0v) is 13.5. The van der Waals surface area contributed by atoms with E-state index >= 15 is 0 Å². The Bertz CT molecular complexity index is 727. The van der Waals surface area contributed by atoms with Crippen LogP contribution in [0.25, 0.3) is 0 Å². The minimum atomic E-state index is -0.772. The summed E-state index contributed by atoms with van der Waals surface area (Å²) in [5, 5.41) is 6.80. The smallest absolute Gasteiger partial charge is 0.226 e. The molecule has 128 valence electrons. The van der Waals surface area contributed by atoms with E-state index in [4.69, 9.17) is 4.74 Å². The van der Waals surface area contributed by atoms with Crippen molar-refractivity contribution in [1.29, 1.82) is 0 Å². The summed E-state index contributed by atoms with van der Waals surface area (Å²) in [5.74, 6) is -2.05. The molecule has 5 nitrogen and oxygen atoms in total. The molecule has 7 heteroatoms. The van der Waals surface area contributed by atoms with Crippen LogP contribution in [0.5, 0.6) is 0 Å². The summed E-state index contributed by atoms with van der Waals surface area (Å²) in [7, 11) is 1.78. The van der Waals surface area contributed by atoms with E-state index in [1.54, 1.807) is 30.9 Å². The van der Waals surface area contributed by atoms with E-state index in [9.17, 15) is 13.6 Å². The third kappa shape index (κ3) is 3.03. The molecule has 0 saturated carbocycles. The van der Waals surface area contributed by atoms with Crippen LogP contribution in [0, 0.1) is 17.6 Å². The number of hydrogen-bond donors (Lipinski definition) is 1. The molecule has 1 amide bonds. The van der Waals surface area contributed by atoms with E-state index in [1.165, 1.54) is 18.2 Å². The standard InChI is InChI=1S/C17H19F2N3O2/c1-10(15-12(18)4-3-5-13(15)19)21-17(23)11-7-9-24-16(11)14-6-8-20-22(14)2/h3-6,8,10-11,16H,7,9H2,1-2H3,(H,21,23)/t10?,11-,16-/m1/s1. The quantitative estimate of drug-likeness (QED) is 0.934. The summed E-state index contributed by atoms with van der Waals surface area (Å²) >= 11 is 0. The van der Waals surface area contributed by atoms with Crippen molar-refractivity contribution in [3.05, 3.63) is 53.4 Å². The first-order chi connectivity index (χ1) is 11.5. The van der Waals surface area contributed by atoms with Crippen molar-refractivity contribution in [3.63, 3.8) is 0 Å². The van der Waals surface area contributed by atoms with Crippen molar-refractivity contribution < 1.29 is 18.3 Å². The maximum atomic E-state index is 13.9. The van der Waals surface area contributed by atoms with E-state index in [-0.39, 0.29) is 11.5 Å². The lowest BCUT2D eigenvalue weighted by Crippen LogP contribution is -2.35. The van der Waals surface area contributed by atoms with E-state index in [0.29, 0.717) is 13.0 Å². The highest BCUT2D eigenvalue weighted by molar-refractivity contribution is 5.80. The summed E-state index contributed by atoms with van der Waals surface area (Å²) < 4.78 is 35.0. The highest BCUT2D eigenvalue weighted by Gasteiger charge is 2.37. The van der Waals surface area contributed by atoms with Crippen LogP contribution in [-0.2, 0) is 16.6 Å². The van der Waals surface area contributed by atoms with Crippen molar-refractivity contribution in [2.45, 2.75) is 25.5 Å². The van der Waals surface area contributed by atoms with Crippen LogP contribution < -0.4 is 5.32 Å². The van der Waals surface area contributed by atoms with Crippen molar-refractivity contribution >= 4 is 5.91 Å². The molecule has 1 aliphatic rings. The maximum Gasteiger partial charge on any atom is 0.226 e. The molecule has 3 atom stereocenters. The molecule has 0 spiro atoms. The first kappa shape index (κ1) is 16.6. The number of nitrogens with zero attached hydrogens (tertiary/aromatic N) is 2.